The monoisotopic (exact) mass is 442 g/mol. The minimum absolute atomic E-state index is 0.140. The summed E-state index contributed by atoms with van der Waals surface area (Å²) in [7, 11) is 3.07. The molecule has 8 nitrogen and oxygen atoms in total. The van der Waals surface area contributed by atoms with Crippen LogP contribution in [0.1, 0.15) is 11.3 Å². The summed E-state index contributed by atoms with van der Waals surface area (Å²) in [5.41, 5.74) is 3.74. The molecule has 2 aromatic carbocycles. The summed E-state index contributed by atoms with van der Waals surface area (Å²) in [5, 5.41) is 7.20. The van der Waals surface area contributed by atoms with Crippen molar-refractivity contribution >= 4 is 40.1 Å². The predicted octanol–water partition coefficient (Wildman–Crippen LogP) is 3.54. The van der Waals surface area contributed by atoms with Crippen LogP contribution in [-0.2, 0) is 17.8 Å². The van der Waals surface area contributed by atoms with E-state index >= 15 is 0 Å². The standard InChI is InChI=1S/C22H23ClN4O4/c1-30-19-6-4-14(10-20(19)31-2)25-21(28)11-24-22(29)27-8-7-15-16-9-13(23)3-5-17(16)26-18(15)12-27/h3-6,9-10,26H,7-8,11-12H2,1-2H3,(H,24,29)(H,25,28). The van der Waals surface area contributed by atoms with Gasteiger partial charge in [-0.3, -0.25) is 4.79 Å². The van der Waals surface area contributed by atoms with E-state index in [-0.39, 0.29) is 18.5 Å². The highest BCUT2D eigenvalue weighted by Gasteiger charge is 2.24. The molecule has 31 heavy (non-hydrogen) atoms. The van der Waals surface area contributed by atoms with E-state index in [1.807, 2.05) is 18.2 Å². The Balaban J connectivity index is 1.34. The summed E-state index contributed by atoms with van der Waals surface area (Å²) in [4.78, 5) is 29.9. The number of methoxy groups -OCH3 is 2. The molecule has 3 aromatic rings. The van der Waals surface area contributed by atoms with Crippen LogP contribution in [-0.4, -0.2) is 49.1 Å². The molecular formula is C22H23ClN4O4. The van der Waals surface area contributed by atoms with E-state index in [2.05, 4.69) is 15.6 Å². The first-order valence-corrected chi connectivity index (χ1v) is 10.2. The van der Waals surface area contributed by atoms with Crippen molar-refractivity contribution in [2.24, 2.45) is 0 Å². The number of H-pyrrole nitrogens is 1. The molecule has 3 N–H and O–H groups in total. The highest BCUT2D eigenvalue weighted by Crippen LogP contribution is 2.30. The smallest absolute Gasteiger partial charge is 0.318 e. The summed E-state index contributed by atoms with van der Waals surface area (Å²) in [6.07, 6.45) is 0.723. The van der Waals surface area contributed by atoms with Gasteiger partial charge >= 0.3 is 6.03 Å². The first-order valence-electron chi connectivity index (χ1n) is 9.82. The highest BCUT2D eigenvalue weighted by molar-refractivity contribution is 6.31. The van der Waals surface area contributed by atoms with Crippen molar-refractivity contribution in [3.05, 3.63) is 52.7 Å². The van der Waals surface area contributed by atoms with Crippen molar-refractivity contribution in [3.63, 3.8) is 0 Å². The Morgan fingerprint density at radius 2 is 1.94 bits per heavy atom. The van der Waals surface area contributed by atoms with E-state index in [9.17, 15) is 9.59 Å². The molecule has 3 amide bonds. The van der Waals surface area contributed by atoms with E-state index in [4.69, 9.17) is 21.1 Å². The quantitative estimate of drug-likeness (QED) is 0.563. The van der Waals surface area contributed by atoms with E-state index < -0.39 is 0 Å². The summed E-state index contributed by atoms with van der Waals surface area (Å²) in [5.74, 6) is 0.740. The third kappa shape index (κ3) is 4.39. The van der Waals surface area contributed by atoms with Crippen LogP contribution < -0.4 is 20.1 Å². The fraction of sp³-hybridized carbons (Fsp3) is 0.273. The second kappa shape index (κ2) is 8.77. The first-order chi connectivity index (χ1) is 15.0. The maximum atomic E-state index is 12.6. The molecule has 0 aliphatic carbocycles. The average Bonchev–Trinajstić information content (AvgIpc) is 3.14. The molecule has 0 saturated carbocycles. The maximum Gasteiger partial charge on any atom is 0.318 e. The van der Waals surface area contributed by atoms with Crippen LogP contribution in [0.5, 0.6) is 11.5 Å². The van der Waals surface area contributed by atoms with E-state index in [1.54, 1.807) is 30.2 Å². The number of halogens is 1. The lowest BCUT2D eigenvalue weighted by Crippen LogP contribution is -2.45. The second-order valence-corrected chi connectivity index (χ2v) is 7.66. The van der Waals surface area contributed by atoms with Crippen molar-refractivity contribution in [2.45, 2.75) is 13.0 Å². The fourth-order valence-corrected chi connectivity index (χ4v) is 3.95. The van der Waals surface area contributed by atoms with Gasteiger partial charge in [-0.25, -0.2) is 4.79 Å². The number of nitrogens with zero attached hydrogens (tertiary/aromatic N) is 1. The van der Waals surface area contributed by atoms with Gasteiger partial charge in [0.2, 0.25) is 5.91 Å². The van der Waals surface area contributed by atoms with Crippen LogP contribution in [0.2, 0.25) is 5.02 Å². The summed E-state index contributed by atoms with van der Waals surface area (Å²) in [6.45, 7) is 0.874. The van der Waals surface area contributed by atoms with Gasteiger partial charge in [0.15, 0.2) is 11.5 Å². The lowest BCUT2D eigenvalue weighted by molar-refractivity contribution is -0.115. The van der Waals surface area contributed by atoms with Crippen LogP contribution in [0.3, 0.4) is 0 Å². The van der Waals surface area contributed by atoms with Crippen molar-refractivity contribution in [3.8, 4) is 11.5 Å². The number of nitrogens with one attached hydrogen (secondary N) is 3. The topological polar surface area (TPSA) is 95.7 Å². The van der Waals surface area contributed by atoms with Crippen molar-refractivity contribution < 1.29 is 19.1 Å². The number of anilines is 1. The number of hydrogen-bond donors (Lipinski definition) is 3. The number of fused-ring (bicyclic) bond motifs is 3. The molecule has 2 heterocycles. The van der Waals surface area contributed by atoms with Gasteiger partial charge in [0, 0.05) is 39.9 Å². The summed E-state index contributed by atoms with van der Waals surface area (Å²) in [6, 6.07) is 10.5. The lowest BCUT2D eigenvalue weighted by Gasteiger charge is -2.27. The van der Waals surface area contributed by atoms with Crippen LogP contribution in [0.4, 0.5) is 10.5 Å². The molecule has 0 fully saturated rings. The Morgan fingerprint density at radius 3 is 2.71 bits per heavy atom. The summed E-state index contributed by atoms with van der Waals surface area (Å²) < 4.78 is 10.4. The third-order valence-electron chi connectivity index (χ3n) is 5.29. The number of hydrogen-bond acceptors (Lipinski definition) is 4. The Labute approximate surface area is 184 Å². The molecule has 0 saturated heterocycles. The number of amides is 3. The second-order valence-electron chi connectivity index (χ2n) is 7.22. The fourth-order valence-electron chi connectivity index (χ4n) is 3.77. The highest BCUT2D eigenvalue weighted by atomic mass is 35.5. The molecule has 162 valence electrons. The van der Waals surface area contributed by atoms with Crippen LogP contribution in [0, 0.1) is 0 Å². The van der Waals surface area contributed by atoms with Crippen molar-refractivity contribution in [2.75, 3.05) is 32.6 Å². The van der Waals surface area contributed by atoms with E-state index in [1.165, 1.54) is 12.7 Å². The molecule has 9 heteroatoms. The minimum atomic E-state index is -0.335. The van der Waals surface area contributed by atoms with Crippen LogP contribution >= 0.6 is 11.6 Å². The van der Waals surface area contributed by atoms with Gasteiger partial charge in [-0.1, -0.05) is 11.6 Å². The molecule has 0 radical (unpaired) electrons. The van der Waals surface area contributed by atoms with Crippen LogP contribution in [0.15, 0.2) is 36.4 Å². The number of ether oxygens (including phenoxy) is 2. The number of urea groups is 1. The molecule has 0 unspecified atom stereocenters. The number of rotatable bonds is 5. The molecule has 0 bridgehead atoms. The number of benzene rings is 2. The SMILES string of the molecule is COc1ccc(NC(=O)CNC(=O)N2CCc3c([nH]c4ccc(Cl)cc34)C2)cc1OC. The molecule has 0 atom stereocenters. The average molecular weight is 443 g/mol. The van der Waals surface area contributed by atoms with Gasteiger partial charge in [0.1, 0.15) is 0 Å². The Kier molecular flexibility index (Phi) is 5.90. The number of carbonyl (C=O) groups excluding carboxylic acids is 2. The van der Waals surface area contributed by atoms with Crippen molar-refractivity contribution in [1.29, 1.82) is 0 Å². The molecule has 1 aliphatic heterocycles. The normalized spacial score (nSPS) is 12.9. The third-order valence-corrected chi connectivity index (χ3v) is 5.53. The Morgan fingerprint density at radius 1 is 1.13 bits per heavy atom. The van der Waals surface area contributed by atoms with E-state index in [0.29, 0.717) is 35.3 Å². The van der Waals surface area contributed by atoms with Gasteiger partial charge in [-0.2, -0.15) is 0 Å². The molecule has 1 aliphatic rings. The first kappa shape index (κ1) is 20.9. The summed E-state index contributed by atoms with van der Waals surface area (Å²) >= 11 is 6.12. The molecule has 4 rings (SSSR count). The van der Waals surface area contributed by atoms with Crippen molar-refractivity contribution in [1.82, 2.24) is 15.2 Å². The maximum absolute atomic E-state index is 12.6. The Hall–Kier alpha value is -3.39. The zero-order valence-corrected chi connectivity index (χ0v) is 18.0. The molecule has 0 spiro atoms. The largest absolute Gasteiger partial charge is 0.493 e. The predicted molar refractivity (Wildman–Crippen MR) is 119 cm³/mol. The Bertz CT molecular complexity index is 1140. The zero-order chi connectivity index (χ0) is 22.0. The molecular weight excluding hydrogens is 420 g/mol. The van der Waals surface area contributed by atoms with Gasteiger partial charge in [0.25, 0.3) is 0 Å². The van der Waals surface area contributed by atoms with E-state index in [0.717, 1.165) is 23.0 Å². The number of carbonyl (C=O) groups is 2. The van der Waals surface area contributed by atoms with Gasteiger partial charge < -0.3 is 30.0 Å². The zero-order valence-electron chi connectivity index (χ0n) is 17.3. The minimum Gasteiger partial charge on any atom is -0.493 e. The number of aromatic amines is 1. The molecule has 1 aromatic heterocycles. The van der Waals surface area contributed by atoms with Gasteiger partial charge in [0.05, 0.1) is 27.3 Å². The lowest BCUT2D eigenvalue weighted by atomic mass is 10.0. The number of aromatic nitrogens is 1. The van der Waals surface area contributed by atoms with Gasteiger partial charge in [-0.15, -0.1) is 0 Å². The van der Waals surface area contributed by atoms with Crippen LogP contribution in [0.25, 0.3) is 10.9 Å². The van der Waals surface area contributed by atoms with Gasteiger partial charge in [-0.05, 0) is 42.3 Å².